The highest BCUT2D eigenvalue weighted by atomic mass is 35.5. The maximum atomic E-state index is 12.2. The van der Waals surface area contributed by atoms with Gasteiger partial charge in [-0.15, -0.1) is 10.2 Å². The molecule has 0 atom stereocenters. The van der Waals surface area contributed by atoms with Gasteiger partial charge in [-0.05, 0) is 36.8 Å². The minimum absolute atomic E-state index is 0.197. The standard InChI is InChI=1S/C14H11ClN6O/c1-9-10(15)3-2-4-11(9)18-14(22)12-5-6-13(20-19-12)21-8-16-7-17-21/h2-8H,1H3,(H,18,22). The van der Waals surface area contributed by atoms with Crippen LogP contribution in [0.2, 0.25) is 5.02 Å². The number of anilines is 1. The fourth-order valence-corrected chi connectivity index (χ4v) is 2.00. The van der Waals surface area contributed by atoms with Crippen molar-refractivity contribution in [1.82, 2.24) is 25.0 Å². The van der Waals surface area contributed by atoms with Crippen LogP contribution in [-0.4, -0.2) is 30.9 Å². The highest BCUT2D eigenvalue weighted by Crippen LogP contribution is 2.23. The molecular formula is C14H11ClN6O. The molecule has 1 N–H and O–H groups in total. The summed E-state index contributed by atoms with van der Waals surface area (Å²) in [5.74, 6) is 0.121. The van der Waals surface area contributed by atoms with Gasteiger partial charge in [-0.1, -0.05) is 17.7 Å². The van der Waals surface area contributed by atoms with Gasteiger partial charge in [-0.25, -0.2) is 9.67 Å². The summed E-state index contributed by atoms with van der Waals surface area (Å²) in [6, 6.07) is 8.51. The average Bonchev–Trinajstić information content (AvgIpc) is 3.06. The monoisotopic (exact) mass is 314 g/mol. The van der Waals surface area contributed by atoms with Gasteiger partial charge in [-0.2, -0.15) is 5.10 Å². The quantitative estimate of drug-likeness (QED) is 0.801. The number of benzene rings is 1. The highest BCUT2D eigenvalue weighted by molar-refractivity contribution is 6.31. The van der Waals surface area contributed by atoms with E-state index in [9.17, 15) is 4.79 Å². The Labute approximate surface area is 131 Å². The molecule has 0 saturated carbocycles. The zero-order valence-electron chi connectivity index (χ0n) is 11.6. The van der Waals surface area contributed by atoms with Gasteiger partial charge in [0.1, 0.15) is 12.7 Å². The summed E-state index contributed by atoms with van der Waals surface area (Å²) in [5, 5.41) is 15.1. The molecule has 0 aliphatic carbocycles. The van der Waals surface area contributed by atoms with E-state index in [1.54, 1.807) is 30.3 Å². The molecule has 3 rings (SSSR count). The maximum absolute atomic E-state index is 12.2. The molecule has 0 fully saturated rings. The number of halogens is 1. The van der Waals surface area contributed by atoms with E-state index in [1.165, 1.54) is 17.3 Å². The van der Waals surface area contributed by atoms with Crippen LogP contribution in [0.3, 0.4) is 0 Å². The summed E-state index contributed by atoms with van der Waals surface area (Å²) >= 11 is 6.03. The molecule has 2 heterocycles. The predicted molar refractivity (Wildman–Crippen MR) is 81.1 cm³/mol. The lowest BCUT2D eigenvalue weighted by atomic mass is 10.2. The lowest BCUT2D eigenvalue weighted by Gasteiger charge is -2.09. The van der Waals surface area contributed by atoms with Gasteiger partial charge in [0.05, 0.1) is 0 Å². The third-order valence-corrected chi connectivity index (χ3v) is 3.46. The van der Waals surface area contributed by atoms with Crippen molar-refractivity contribution >= 4 is 23.2 Å². The van der Waals surface area contributed by atoms with E-state index in [-0.39, 0.29) is 11.6 Å². The van der Waals surface area contributed by atoms with E-state index in [0.717, 1.165) is 5.56 Å². The van der Waals surface area contributed by atoms with Crippen LogP contribution < -0.4 is 5.32 Å². The number of hydrogen-bond donors (Lipinski definition) is 1. The molecule has 0 spiro atoms. The lowest BCUT2D eigenvalue weighted by molar-refractivity contribution is 0.102. The Balaban J connectivity index is 1.79. The van der Waals surface area contributed by atoms with E-state index < -0.39 is 0 Å². The Morgan fingerprint density at radius 1 is 1.23 bits per heavy atom. The van der Waals surface area contributed by atoms with Crippen molar-refractivity contribution in [3.8, 4) is 5.82 Å². The molecule has 22 heavy (non-hydrogen) atoms. The first-order chi connectivity index (χ1) is 10.6. The molecule has 110 valence electrons. The normalized spacial score (nSPS) is 10.5. The fraction of sp³-hybridized carbons (Fsp3) is 0.0714. The van der Waals surface area contributed by atoms with Crippen LogP contribution in [0.5, 0.6) is 0 Å². The van der Waals surface area contributed by atoms with Crippen LogP contribution in [0, 0.1) is 6.92 Å². The van der Waals surface area contributed by atoms with Gasteiger partial charge in [0.25, 0.3) is 5.91 Å². The number of rotatable bonds is 3. The van der Waals surface area contributed by atoms with E-state index in [0.29, 0.717) is 16.5 Å². The maximum Gasteiger partial charge on any atom is 0.276 e. The van der Waals surface area contributed by atoms with Gasteiger partial charge in [-0.3, -0.25) is 4.79 Å². The van der Waals surface area contributed by atoms with Crippen molar-refractivity contribution in [2.75, 3.05) is 5.32 Å². The topological polar surface area (TPSA) is 85.6 Å². The summed E-state index contributed by atoms with van der Waals surface area (Å²) in [6.45, 7) is 1.83. The fourth-order valence-electron chi connectivity index (χ4n) is 1.82. The molecule has 7 nitrogen and oxygen atoms in total. The van der Waals surface area contributed by atoms with Crippen molar-refractivity contribution in [3.63, 3.8) is 0 Å². The SMILES string of the molecule is Cc1c(Cl)cccc1NC(=O)c1ccc(-n2cncn2)nn1. The van der Waals surface area contributed by atoms with E-state index in [4.69, 9.17) is 11.6 Å². The second-order valence-electron chi connectivity index (χ2n) is 4.48. The molecule has 1 amide bonds. The van der Waals surface area contributed by atoms with Crippen LogP contribution >= 0.6 is 11.6 Å². The van der Waals surface area contributed by atoms with Crippen molar-refractivity contribution < 1.29 is 4.79 Å². The molecule has 2 aromatic heterocycles. The largest absolute Gasteiger partial charge is 0.320 e. The highest BCUT2D eigenvalue weighted by Gasteiger charge is 2.11. The number of amides is 1. The minimum Gasteiger partial charge on any atom is -0.320 e. The summed E-state index contributed by atoms with van der Waals surface area (Å²) in [7, 11) is 0. The molecule has 3 aromatic rings. The summed E-state index contributed by atoms with van der Waals surface area (Å²) in [5.41, 5.74) is 1.63. The Morgan fingerprint density at radius 2 is 2.09 bits per heavy atom. The van der Waals surface area contributed by atoms with Crippen LogP contribution in [-0.2, 0) is 0 Å². The Hall–Kier alpha value is -2.80. The predicted octanol–water partition coefficient (Wildman–Crippen LogP) is 2.27. The van der Waals surface area contributed by atoms with Gasteiger partial charge >= 0.3 is 0 Å². The Kier molecular flexibility index (Phi) is 3.80. The van der Waals surface area contributed by atoms with Crippen molar-refractivity contribution in [2.24, 2.45) is 0 Å². The van der Waals surface area contributed by atoms with Gasteiger partial charge < -0.3 is 5.32 Å². The summed E-state index contributed by atoms with van der Waals surface area (Å²) in [4.78, 5) is 16.0. The van der Waals surface area contributed by atoms with Gasteiger partial charge in [0, 0.05) is 10.7 Å². The number of nitrogens with one attached hydrogen (secondary N) is 1. The number of hydrogen-bond acceptors (Lipinski definition) is 5. The molecule has 1 aromatic carbocycles. The summed E-state index contributed by atoms with van der Waals surface area (Å²) in [6.07, 6.45) is 2.89. The lowest BCUT2D eigenvalue weighted by Crippen LogP contribution is -2.15. The first kappa shape index (κ1) is 14.2. The third kappa shape index (κ3) is 2.79. The molecule has 0 radical (unpaired) electrons. The van der Waals surface area contributed by atoms with Crippen LogP contribution in [0.15, 0.2) is 43.0 Å². The second-order valence-corrected chi connectivity index (χ2v) is 4.89. The smallest absolute Gasteiger partial charge is 0.276 e. The molecule has 8 heteroatoms. The number of nitrogens with zero attached hydrogens (tertiary/aromatic N) is 5. The zero-order chi connectivity index (χ0) is 15.5. The number of carbonyl (C=O) groups excluding carboxylic acids is 1. The molecular weight excluding hydrogens is 304 g/mol. The first-order valence-corrected chi connectivity index (χ1v) is 6.78. The molecule has 0 aliphatic heterocycles. The number of aromatic nitrogens is 5. The molecule has 0 unspecified atom stereocenters. The molecule has 0 bridgehead atoms. The third-order valence-electron chi connectivity index (χ3n) is 3.05. The molecule has 0 saturated heterocycles. The van der Waals surface area contributed by atoms with Crippen molar-refractivity contribution in [2.45, 2.75) is 6.92 Å². The minimum atomic E-state index is -0.358. The number of carbonyl (C=O) groups is 1. The summed E-state index contributed by atoms with van der Waals surface area (Å²) < 4.78 is 1.45. The van der Waals surface area contributed by atoms with Crippen LogP contribution in [0.1, 0.15) is 16.1 Å². The second kappa shape index (κ2) is 5.90. The van der Waals surface area contributed by atoms with E-state index >= 15 is 0 Å². The van der Waals surface area contributed by atoms with Crippen molar-refractivity contribution in [3.05, 3.63) is 59.3 Å². The van der Waals surface area contributed by atoms with Gasteiger partial charge in [0.2, 0.25) is 0 Å². The van der Waals surface area contributed by atoms with E-state index in [2.05, 4.69) is 25.6 Å². The van der Waals surface area contributed by atoms with Crippen LogP contribution in [0.4, 0.5) is 5.69 Å². The Bertz CT molecular complexity index is 801. The first-order valence-electron chi connectivity index (χ1n) is 6.40. The Morgan fingerprint density at radius 3 is 2.77 bits per heavy atom. The van der Waals surface area contributed by atoms with E-state index in [1.807, 2.05) is 6.92 Å². The molecule has 0 aliphatic rings. The van der Waals surface area contributed by atoms with Gasteiger partial charge in [0.15, 0.2) is 11.5 Å². The van der Waals surface area contributed by atoms with Crippen molar-refractivity contribution in [1.29, 1.82) is 0 Å². The van der Waals surface area contributed by atoms with Crippen LogP contribution in [0.25, 0.3) is 5.82 Å². The average molecular weight is 315 g/mol. The zero-order valence-corrected chi connectivity index (χ0v) is 12.3.